The molecule has 62 heavy (non-hydrogen) atoms. The molecule has 0 spiro atoms. The highest BCUT2D eigenvalue weighted by molar-refractivity contribution is 5.86. The van der Waals surface area contributed by atoms with Crippen molar-refractivity contribution in [1.29, 1.82) is 0 Å². The number of halogens is 4. The largest absolute Gasteiger partial charge is 0.355 e. The van der Waals surface area contributed by atoms with Crippen LogP contribution in [0, 0.1) is 0 Å². The van der Waals surface area contributed by atoms with Gasteiger partial charge in [-0.1, -0.05) is 129 Å². The third-order valence-corrected chi connectivity index (χ3v) is 11.2. The van der Waals surface area contributed by atoms with Crippen molar-refractivity contribution < 1.29 is 19.2 Å². The van der Waals surface area contributed by atoms with E-state index in [2.05, 4.69) is 24.5 Å². The van der Waals surface area contributed by atoms with Crippen LogP contribution in [0.2, 0.25) is 0 Å². The fraction of sp³-hybridized carbons (Fsp3) is 0.913. The molecule has 0 rings (SSSR count). The van der Waals surface area contributed by atoms with Gasteiger partial charge in [0.1, 0.15) is 0 Å². The van der Waals surface area contributed by atoms with E-state index in [0.29, 0.717) is 90.9 Å². The van der Waals surface area contributed by atoms with E-state index >= 15 is 0 Å². The second kappa shape index (κ2) is 52.5. The van der Waals surface area contributed by atoms with Crippen molar-refractivity contribution in [3.05, 3.63) is 0 Å². The highest BCUT2D eigenvalue weighted by atomic mass is 35.5. The predicted octanol–water partition coefficient (Wildman–Crippen LogP) is 8.88. The Morgan fingerprint density at radius 2 is 0.694 bits per heavy atom. The summed E-state index contributed by atoms with van der Waals surface area (Å²) in [6, 6.07) is -1.08. The second-order valence-electron chi connectivity index (χ2n) is 16.7. The molecule has 0 aromatic heterocycles. The lowest BCUT2D eigenvalue weighted by atomic mass is 10.1. The summed E-state index contributed by atoms with van der Waals surface area (Å²) in [6.45, 7) is 9.02. The molecule has 0 aromatic rings. The molecular weight excluding hydrogens is 870 g/mol. The summed E-state index contributed by atoms with van der Waals surface area (Å²) in [5.74, 6) is 0.0365. The molecule has 0 aromatic carbocycles. The van der Waals surface area contributed by atoms with E-state index in [-0.39, 0.29) is 73.3 Å². The van der Waals surface area contributed by atoms with Gasteiger partial charge < -0.3 is 43.4 Å². The van der Waals surface area contributed by atoms with E-state index in [1.165, 1.54) is 89.9 Å². The summed E-state index contributed by atoms with van der Waals surface area (Å²) in [5.41, 5.74) is 23.3. The maximum atomic E-state index is 13.5. The standard InChI is InChI=1S/C46H94N8O4.4ClH/c1-3-5-7-9-11-13-15-17-19-31-43(55)53(39-27-35-51-45(57)41(49)29-21-23-33-47)37-25-26-38-54(40-28-36-52-46(58)42(50)30-22-24-34-48)44(56)32-20-18-16-14-12-10-8-6-4-2;;;;/h41-42H,3-40,47-50H2,1-2H3,(H,51,57)(H,52,58);4*1H/t41-,42-;;;;/m0..../s1. The normalized spacial score (nSPS) is 11.5. The van der Waals surface area contributed by atoms with Gasteiger partial charge in [0, 0.05) is 52.1 Å². The van der Waals surface area contributed by atoms with Gasteiger partial charge >= 0.3 is 0 Å². The molecule has 0 saturated heterocycles. The van der Waals surface area contributed by atoms with Crippen molar-refractivity contribution in [2.75, 3.05) is 52.4 Å². The number of hydrogen-bond acceptors (Lipinski definition) is 8. The van der Waals surface area contributed by atoms with Crippen molar-refractivity contribution in [1.82, 2.24) is 20.4 Å². The molecule has 4 amide bonds. The van der Waals surface area contributed by atoms with E-state index < -0.39 is 12.1 Å². The maximum Gasteiger partial charge on any atom is 0.236 e. The fourth-order valence-corrected chi connectivity index (χ4v) is 7.32. The molecular formula is C46H98Cl4N8O4. The molecule has 10 N–H and O–H groups in total. The first-order valence-corrected chi connectivity index (χ1v) is 24.2. The van der Waals surface area contributed by atoms with E-state index in [0.717, 1.165) is 64.2 Å². The van der Waals surface area contributed by atoms with Crippen molar-refractivity contribution in [3.63, 3.8) is 0 Å². The molecule has 16 heteroatoms. The number of nitrogens with one attached hydrogen (secondary N) is 2. The van der Waals surface area contributed by atoms with E-state index in [1.54, 1.807) is 0 Å². The Bertz CT molecular complexity index is 933. The lowest BCUT2D eigenvalue weighted by Gasteiger charge is -2.26. The third-order valence-electron chi connectivity index (χ3n) is 11.2. The number of nitrogens with zero attached hydrogens (tertiary/aromatic N) is 2. The van der Waals surface area contributed by atoms with E-state index in [1.807, 2.05) is 9.80 Å². The molecule has 0 aliphatic rings. The van der Waals surface area contributed by atoms with Gasteiger partial charge in [0.25, 0.3) is 0 Å². The van der Waals surface area contributed by atoms with Gasteiger partial charge in [0.15, 0.2) is 0 Å². The van der Waals surface area contributed by atoms with Gasteiger partial charge in [-0.05, 0) is 77.3 Å². The summed E-state index contributed by atoms with van der Waals surface area (Å²) in [6.07, 6.45) is 30.3. The number of unbranched alkanes of at least 4 members (excludes halogenated alkanes) is 19. The topological polar surface area (TPSA) is 203 Å². The van der Waals surface area contributed by atoms with Crippen LogP contribution in [0.1, 0.15) is 206 Å². The van der Waals surface area contributed by atoms with Gasteiger partial charge in [-0.2, -0.15) is 0 Å². The Balaban J connectivity index is -0.00000271. The van der Waals surface area contributed by atoms with Crippen LogP contribution in [0.25, 0.3) is 0 Å². The van der Waals surface area contributed by atoms with Crippen LogP contribution in [0.15, 0.2) is 0 Å². The number of amides is 4. The second-order valence-corrected chi connectivity index (χ2v) is 16.7. The summed E-state index contributed by atoms with van der Waals surface area (Å²) >= 11 is 0. The van der Waals surface area contributed by atoms with Gasteiger partial charge in [-0.3, -0.25) is 19.2 Å². The molecule has 0 fully saturated rings. The zero-order valence-corrected chi connectivity index (χ0v) is 42.8. The molecule has 12 nitrogen and oxygen atoms in total. The summed E-state index contributed by atoms with van der Waals surface area (Å²) < 4.78 is 0. The molecule has 374 valence electrons. The van der Waals surface area contributed by atoms with Crippen LogP contribution in [-0.2, 0) is 19.2 Å². The van der Waals surface area contributed by atoms with Crippen molar-refractivity contribution >= 4 is 73.3 Å². The summed E-state index contributed by atoms with van der Waals surface area (Å²) in [7, 11) is 0. The average Bonchev–Trinajstić information content (AvgIpc) is 3.22. The number of hydrogen-bond donors (Lipinski definition) is 6. The third kappa shape index (κ3) is 42.8. The highest BCUT2D eigenvalue weighted by Crippen LogP contribution is 2.14. The lowest BCUT2D eigenvalue weighted by Crippen LogP contribution is -2.42. The van der Waals surface area contributed by atoms with Crippen molar-refractivity contribution in [3.8, 4) is 0 Å². The molecule has 0 aliphatic carbocycles. The predicted molar refractivity (Wildman–Crippen MR) is 272 cm³/mol. The van der Waals surface area contributed by atoms with E-state index in [4.69, 9.17) is 22.9 Å². The minimum Gasteiger partial charge on any atom is -0.355 e. The van der Waals surface area contributed by atoms with Crippen LogP contribution in [0.5, 0.6) is 0 Å². The van der Waals surface area contributed by atoms with Gasteiger partial charge in [0.2, 0.25) is 23.6 Å². The van der Waals surface area contributed by atoms with Gasteiger partial charge in [0.05, 0.1) is 12.1 Å². The SMILES string of the molecule is CCCCCCCCCCCC(=O)N(CCCCN(CCCNC(=O)[C@@H](N)CCCCN)C(=O)CCCCCCCCCCC)CCCNC(=O)[C@@H](N)CCCCN.Cl.Cl.Cl.Cl. The first-order chi connectivity index (χ1) is 28.2. The number of carbonyl (C=O) groups is 4. The quantitative estimate of drug-likeness (QED) is 0.0325. The Morgan fingerprint density at radius 3 is 1.00 bits per heavy atom. The minimum absolute atomic E-state index is 0. The first-order valence-electron chi connectivity index (χ1n) is 24.2. The van der Waals surface area contributed by atoms with E-state index in [9.17, 15) is 19.2 Å². The number of nitrogens with two attached hydrogens (primary N) is 4. The number of rotatable bonds is 43. The smallest absolute Gasteiger partial charge is 0.236 e. The molecule has 0 saturated carbocycles. The zero-order valence-electron chi connectivity index (χ0n) is 39.5. The van der Waals surface area contributed by atoms with Gasteiger partial charge in [-0.15, -0.1) is 49.6 Å². The highest BCUT2D eigenvalue weighted by Gasteiger charge is 2.18. The zero-order chi connectivity index (χ0) is 42.9. The number of carbonyl (C=O) groups excluding carboxylic acids is 4. The summed E-state index contributed by atoms with van der Waals surface area (Å²) in [4.78, 5) is 55.9. The van der Waals surface area contributed by atoms with Crippen molar-refractivity contribution in [2.45, 2.75) is 219 Å². The Morgan fingerprint density at radius 1 is 0.403 bits per heavy atom. The molecule has 0 radical (unpaired) electrons. The van der Waals surface area contributed by atoms with Crippen LogP contribution in [0.3, 0.4) is 0 Å². The van der Waals surface area contributed by atoms with Crippen molar-refractivity contribution in [2.24, 2.45) is 22.9 Å². The molecule has 2 atom stereocenters. The Labute approximate surface area is 404 Å². The van der Waals surface area contributed by atoms with Crippen LogP contribution in [-0.4, -0.2) is 97.9 Å². The lowest BCUT2D eigenvalue weighted by molar-refractivity contribution is -0.133. The molecule has 0 bridgehead atoms. The molecule has 0 heterocycles. The van der Waals surface area contributed by atoms with Crippen LogP contribution >= 0.6 is 49.6 Å². The van der Waals surface area contributed by atoms with Gasteiger partial charge in [-0.25, -0.2) is 0 Å². The van der Waals surface area contributed by atoms with Crippen LogP contribution < -0.4 is 33.6 Å². The fourth-order valence-electron chi connectivity index (χ4n) is 7.32. The average molecular weight is 969 g/mol. The Kier molecular flexibility index (Phi) is 59.2. The first kappa shape index (κ1) is 69.9. The molecule has 0 aliphatic heterocycles. The summed E-state index contributed by atoms with van der Waals surface area (Å²) in [5, 5.41) is 5.91. The Hall–Kier alpha value is -1.12. The minimum atomic E-state index is -0.540. The monoisotopic (exact) mass is 967 g/mol. The molecule has 0 unspecified atom stereocenters. The maximum absolute atomic E-state index is 13.5. The van der Waals surface area contributed by atoms with Crippen LogP contribution in [0.4, 0.5) is 0 Å².